The van der Waals surface area contributed by atoms with Crippen LogP contribution < -0.4 is 5.32 Å². The number of hydrogen-bond donors (Lipinski definition) is 1. The van der Waals surface area contributed by atoms with Gasteiger partial charge in [-0.05, 0) is 32.8 Å². The molecule has 112 valence electrons. The number of piperazine rings is 1. The number of nitrogens with one attached hydrogen (secondary N) is 1. The fraction of sp³-hybridized carbons (Fsp3) is 0.412. The molecule has 0 saturated carbocycles. The Morgan fingerprint density at radius 2 is 1.90 bits per heavy atom. The molecule has 1 atom stereocenters. The molecule has 1 saturated heterocycles. The van der Waals surface area contributed by atoms with Gasteiger partial charge < -0.3 is 10.2 Å². The molecule has 0 spiro atoms. The quantitative estimate of drug-likeness (QED) is 0.864. The highest BCUT2D eigenvalue weighted by molar-refractivity contribution is 5.99. The Kier molecular flexibility index (Phi) is 4.46. The molecule has 1 fully saturated rings. The Morgan fingerprint density at radius 1 is 1.24 bits per heavy atom. The lowest BCUT2D eigenvalue weighted by molar-refractivity contribution is -0.153. The molecule has 2 amide bonds. The van der Waals surface area contributed by atoms with Gasteiger partial charge >= 0.3 is 0 Å². The predicted octanol–water partition coefficient (Wildman–Crippen LogP) is 2.43. The summed E-state index contributed by atoms with van der Waals surface area (Å²) >= 11 is 0. The average Bonchev–Trinajstić information content (AvgIpc) is 2.45. The van der Waals surface area contributed by atoms with Crippen LogP contribution in [0.15, 0.2) is 42.5 Å². The molecule has 0 radical (unpaired) electrons. The van der Waals surface area contributed by atoms with Crippen molar-refractivity contribution >= 4 is 11.8 Å². The second-order valence-corrected chi connectivity index (χ2v) is 5.78. The van der Waals surface area contributed by atoms with Crippen molar-refractivity contribution < 1.29 is 9.59 Å². The SMILES string of the molecule is C/C=C/CCN1C(=O)C(C)(C)NC(=O)C1c1ccccc1. The number of carbonyl (C=O) groups is 2. The van der Waals surface area contributed by atoms with Crippen LogP contribution in [0.2, 0.25) is 0 Å². The Balaban J connectivity index is 2.34. The molecule has 1 aliphatic heterocycles. The number of allylic oxidation sites excluding steroid dienone is 1. The second kappa shape index (κ2) is 6.12. The summed E-state index contributed by atoms with van der Waals surface area (Å²) in [6.45, 7) is 5.98. The van der Waals surface area contributed by atoms with Crippen LogP contribution in [0.5, 0.6) is 0 Å². The zero-order valence-electron chi connectivity index (χ0n) is 12.8. The van der Waals surface area contributed by atoms with Crippen molar-refractivity contribution in [2.75, 3.05) is 6.54 Å². The maximum absolute atomic E-state index is 12.7. The molecule has 0 aromatic heterocycles. The molecule has 21 heavy (non-hydrogen) atoms. The highest BCUT2D eigenvalue weighted by Crippen LogP contribution is 2.29. The van der Waals surface area contributed by atoms with E-state index in [0.717, 1.165) is 12.0 Å². The van der Waals surface area contributed by atoms with Crippen molar-refractivity contribution in [1.29, 1.82) is 0 Å². The van der Waals surface area contributed by atoms with Gasteiger partial charge in [-0.25, -0.2) is 0 Å². The third-order valence-corrected chi connectivity index (χ3v) is 3.68. The van der Waals surface area contributed by atoms with E-state index in [-0.39, 0.29) is 11.8 Å². The van der Waals surface area contributed by atoms with Gasteiger partial charge in [0.25, 0.3) is 0 Å². The first-order chi connectivity index (χ1) is 9.97. The van der Waals surface area contributed by atoms with Gasteiger partial charge in [0.15, 0.2) is 0 Å². The molecular formula is C17H22N2O2. The Bertz CT molecular complexity index is 549. The van der Waals surface area contributed by atoms with Crippen LogP contribution in [0.4, 0.5) is 0 Å². The summed E-state index contributed by atoms with van der Waals surface area (Å²) in [6, 6.07) is 8.91. The number of amides is 2. The van der Waals surface area contributed by atoms with E-state index >= 15 is 0 Å². The standard InChI is InChI=1S/C17H22N2O2/c1-4-5-9-12-19-14(13-10-7-6-8-11-13)15(20)18-17(2,3)16(19)21/h4-8,10-11,14H,9,12H2,1-3H3,(H,18,20)/b5-4+. The smallest absolute Gasteiger partial charge is 0.248 e. The van der Waals surface area contributed by atoms with Gasteiger partial charge in [-0.1, -0.05) is 42.5 Å². The minimum Gasteiger partial charge on any atom is -0.340 e. The maximum Gasteiger partial charge on any atom is 0.248 e. The first-order valence-electron chi connectivity index (χ1n) is 7.26. The van der Waals surface area contributed by atoms with Crippen LogP contribution in [0, 0.1) is 0 Å². The van der Waals surface area contributed by atoms with Crippen molar-refractivity contribution in [3.8, 4) is 0 Å². The molecule has 0 bridgehead atoms. The molecule has 4 heteroatoms. The Morgan fingerprint density at radius 3 is 2.52 bits per heavy atom. The van der Waals surface area contributed by atoms with E-state index in [1.807, 2.05) is 49.4 Å². The Labute approximate surface area is 125 Å². The fourth-order valence-electron chi connectivity index (χ4n) is 2.63. The topological polar surface area (TPSA) is 49.4 Å². The van der Waals surface area contributed by atoms with E-state index in [4.69, 9.17) is 0 Å². The monoisotopic (exact) mass is 286 g/mol. The molecule has 1 aliphatic rings. The van der Waals surface area contributed by atoms with Crippen molar-refractivity contribution in [3.05, 3.63) is 48.0 Å². The highest BCUT2D eigenvalue weighted by Gasteiger charge is 2.45. The largest absolute Gasteiger partial charge is 0.340 e. The van der Waals surface area contributed by atoms with Crippen molar-refractivity contribution in [2.45, 2.75) is 38.8 Å². The van der Waals surface area contributed by atoms with E-state index in [2.05, 4.69) is 5.32 Å². The van der Waals surface area contributed by atoms with Crippen LogP contribution in [-0.4, -0.2) is 28.8 Å². The highest BCUT2D eigenvalue weighted by atomic mass is 16.2. The molecule has 1 N–H and O–H groups in total. The third-order valence-electron chi connectivity index (χ3n) is 3.68. The number of carbonyl (C=O) groups excluding carboxylic acids is 2. The minimum atomic E-state index is -0.849. The zero-order chi connectivity index (χ0) is 15.5. The molecule has 1 aromatic carbocycles. The van der Waals surface area contributed by atoms with Crippen molar-refractivity contribution in [3.63, 3.8) is 0 Å². The summed E-state index contributed by atoms with van der Waals surface area (Å²) in [4.78, 5) is 26.8. The predicted molar refractivity (Wildman–Crippen MR) is 82.5 cm³/mol. The lowest BCUT2D eigenvalue weighted by Crippen LogP contribution is -2.64. The summed E-state index contributed by atoms with van der Waals surface area (Å²) in [7, 11) is 0. The number of benzene rings is 1. The summed E-state index contributed by atoms with van der Waals surface area (Å²) in [5.41, 5.74) is -0.00232. The van der Waals surface area contributed by atoms with Crippen LogP contribution in [0.3, 0.4) is 0 Å². The lowest BCUT2D eigenvalue weighted by Gasteiger charge is -2.43. The zero-order valence-corrected chi connectivity index (χ0v) is 12.8. The van der Waals surface area contributed by atoms with E-state index in [9.17, 15) is 9.59 Å². The van der Waals surface area contributed by atoms with Gasteiger partial charge in [0.1, 0.15) is 11.6 Å². The first kappa shape index (κ1) is 15.3. The summed E-state index contributed by atoms with van der Waals surface area (Å²) in [5.74, 6) is -0.160. The molecule has 4 nitrogen and oxygen atoms in total. The molecule has 1 unspecified atom stereocenters. The van der Waals surface area contributed by atoms with Gasteiger partial charge in [-0.15, -0.1) is 0 Å². The van der Waals surface area contributed by atoms with E-state index in [1.165, 1.54) is 0 Å². The summed E-state index contributed by atoms with van der Waals surface area (Å²) in [6.07, 6.45) is 4.71. The van der Waals surface area contributed by atoms with Gasteiger partial charge in [0.2, 0.25) is 11.8 Å². The maximum atomic E-state index is 12.7. The van der Waals surface area contributed by atoms with E-state index < -0.39 is 11.6 Å². The third kappa shape index (κ3) is 3.15. The van der Waals surface area contributed by atoms with Gasteiger partial charge in [0, 0.05) is 6.54 Å². The molecule has 1 heterocycles. The average molecular weight is 286 g/mol. The minimum absolute atomic E-state index is 0.0412. The summed E-state index contributed by atoms with van der Waals surface area (Å²) < 4.78 is 0. The Hall–Kier alpha value is -2.10. The molecule has 2 rings (SSSR count). The van der Waals surface area contributed by atoms with Crippen molar-refractivity contribution in [2.24, 2.45) is 0 Å². The van der Waals surface area contributed by atoms with Gasteiger partial charge in [0.05, 0.1) is 0 Å². The van der Waals surface area contributed by atoms with Crippen LogP contribution >= 0.6 is 0 Å². The number of nitrogens with zero attached hydrogens (tertiary/aromatic N) is 1. The number of hydrogen-bond acceptors (Lipinski definition) is 2. The van der Waals surface area contributed by atoms with Gasteiger partial charge in [-0.3, -0.25) is 9.59 Å². The van der Waals surface area contributed by atoms with Gasteiger partial charge in [-0.2, -0.15) is 0 Å². The second-order valence-electron chi connectivity index (χ2n) is 5.78. The molecule has 1 aromatic rings. The van der Waals surface area contributed by atoms with Crippen LogP contribution in [-0.2, 0) is 9.59 Å². The van der Waals surface area contributed by atoms with E-state index in [0.29, 0.717) is 6.54 Å². The number of rotatable bonds is 4. The normalized spacial score (nSPS) is 21.7. The molecular weight excluding hydrogens is 264 g/mol. The lowest BCUT2D eigenvalue weighted by atomic mass is 9.93. The van der Waals surface area contributed by atoms with E-state index in [1.54, 1.807) is 18.7 Å². The van der Waals surface area contributed by atoms with Crippen LogP contribution in [0.1, 0.15) is 38.8 Å². The van der Waals surface area contributed by atoms with Crippen LogP contribution in [0.25, 0.3) is 0 Å². The first-order valence-corrected chi connectivity index (χ1v) is 7.26. The summed E-state index contributed by atoms with van der Waals surface area (Å²) in [5, 5.41) is 2.83. The van der Waals surface area contributed by atoms with Crippen molar-refractivity contribution in [1.82, 2.24) is 10.2 Å². The molecule has 0 aliphatic carbocycles. The fourth-order valence-corrected chi connectivity index (χ4v) is 2.63.